The maximum absolute atomic E-state index is 11.5. The minimum absolute atomic E-state index is 0. The number of carboxylic acid groups (broad SMARTS) is 1. The van der Waals surface area contributed by atoms with E-state index in [2.05, 4.69) is 9.05 Å². The van der Waals surface area contributed by atoms with E-state index in [1.807, 2.05) is 0 Å². The van der Waals surface area contributed by atoms with E-state index in [1.165, 1.54) is 0 Å². The molecule has 0 aromatic rings. The van der Waals surface area contributed by atoms with Crippen LogP contribution in [0.3, 0.4) is 0 Å². The summed E-state index contributed by atoms with van der Waals surface area (Å²) in [4.78, 5) is 41.6. The van der Waals surface area contributed by atoms with Gasteiger partial charge in [-0.05, 0) is 0 Å². The van der Waals surface area contributed by atoms with Crippen molar-refractivity contribution in [2.45, 2.75) is 39.8 Å². The molecule has 0 bridgehead atoms. The molecule has 0 saturated heterocycles. The van der Waals surface area contributed by atoms with Gasteiger partial charge in [0.15, 0.2) is 6.10 Å². The van der Waals surface area contributed by atoms with Crippen molar-refractivity contribution in [2.24, 2.45) is 5.73 Å². The molecule has 142 valence electrons. The summed E-state index contributed by atoms with van der Waals surface area (Å²) in [5, 5.41) is 10.3. The summed E-state index contributed by atoms with van der Waals surface area (Å²) >= 11 is 0. The Kier molecular flexibility index (Phi) is 12.3. The average Bonchev–Trinajstić information content (AvgIpc) is 2.46. The predicted octanol–water partition coefficient (Wildman–Crippen LogP) is -1.28. The van der Waals surface area contributed by atoms with Gasteiger partial charge in [-0.1, -0.05) is 14.4 Å². The number of hydrogen-bond acceptors (Lipinski definition) is 10. The highest BCUT2D eigenvalue weighted by Gasteiger charge is 2.26. The maximum Gasteiger partial charge on any atom is 0.472 e. The zero-order valence-electron chi connectivity index (χ0n) is 12.6. The molecule has 0 fully saturated rings. The van der Waals surface area contributed by atoms with E-state index in [9.17, 15) is 28.9 Å². The lowest BCUT2D eigenvalue weighted by molar-refractivity contribution is -0.308. The van der Waals surface area contributed by atoms with Crippen LogP contribution in [0.1, 0.15) is 27.7 Å². The van der Waals surface area contributed by atoms with E-state index in [1.54, 1.807) is 6.92 Å². The molecule has 0 amide bonds. The molecule has 0 aromatic carbocycles. The number of carbonyl (C=O) groups excluding carboxylic acids is 3. The van der Waals surface area contributed by atoms with Crippen LogP contribution in [0.5, 0.6) is 0 Å². The smallest absolute Gasteiger partial charge is 0.472 e. The van der Waals surface area contributed by atoms with Gasteiger partial charge in [0.1, 0.15) is 6.61 Å². The van der Waals surface area contributed by atoms with Gasteiger partial charge in [-0.3, -0.25) is 18.6 Å². The molecule has 3 unspecified atom stereocenters. The lowest BCUT2D eigenvalue weighted by Gasteiger charge is -2.20. The van der Waals surface area contributed by atoms with Crippen LogP contribution < -0.4 is 10.8 Å². The SMILES string of the molecule is C.CCC(=O)OCC(COP(=O)(O)OCC(N)C(=O)[O-])OC(C)=O. The third-order valence-electron chi connectivity index (χ3n) is 2.20. The Hall–Kier alpha value is -1.52. The van der Waals surface area contributed by atoms with Gasteiger partial charge in [0.25, 0.3) is 0 Å². The molecule has 0 radical (unpaired) electrons. The Morgan fingerprint density at radius 1 is 1.21 bits per heavy atom. The summed E-state index contributed by atoms with van der Waals surface area (Å²) in [7, 11) is -4.64. The number of ether oxygens (including phenoxy) is 2. The molecule has 0 aliphatic rings. The topological polar surface area (TPSA) is 175 Å². The Balaban J connectivity index is 0. The van der Waals surface area contributed by atoms with Gasteiger partial charge in [0.05, 0.1) is 25.2 Å². The largest absolute Gasteiger partial charge is 0.548 e. The zero-order valence-corrected chi connectivity index (χ0v) is 13.5. The first-order chi connectivity index (χ1) is 10.6. The molecule has 3 atom stereocenters. The quantitative estimate of drug-likeness (QED) is 0.326. The highest BCUT2D eigenvalue weighted by Crippen LogP contribution is 2.43. The van der Waals surface area contributed by atoms with Gasteiger partial charge in [-0.25, -0.2) is 4.57 Å². The van der Waals surface area contributed by atoms with Crippen molar-refractivity contribution in [1.82, 2.24) is 0 Å². The molecule has 0 aliphatic carbocycles. The van der Waals surface area contributed by atoms with E-state index >= 15 is 0 Å². The summed E-state index contributed by atoms with van der Waals surface area (Å²) in [6.45, 7) is 0.813. The highest BCUT2D eigenvalue weighted by atomic mass is 31.2. The normalized spacial score (nSPS) is 15.3. The molecule has 0 aliphatic heterocycles. The van der Waals surface area contributed by atoms with Crippen LogP contribution in [0.2, 0.25) is 0 Å². The highest BCUT2D eigenvalue weighted by molar-refractivity contribution is 7.47. The number of carbonyl (C=O) groups is 3. The van der Waals surface area contributed by atoms with Gasteiger partial charge in [0.2, 0.25) is 0 Å². The van der Waals surface area contributed by atoms with Crippen molar-refractivity contribution in [2.75, 3.05) is 19.8 Å². The minimum atomic E-state index is -4.64. The van der Waals surface area contributed by atoms with Crippen LogP contribution in [0.15, 0.2) is 0 Å². The Bertz CT molecular complexity index is 469. The molecule has 0 rings (SSSR count). The average molecular weight is 372 g/mol. The zero-order chi connectivity index (χ0) is 18.0. The second-order valence-electron chi connectivity index (χ2n) is 4.25. The van der Waals surface area contributed by atoms with Crippen molar-refractivity contribution in [3.63, 3.8) is 0 Å². The number of hydrogen-bond donors (Lipinski definition) is 2. The van der Waals surface area contributed by atoms with Crippen LogP contribution in [0.25, 0.3) is 0 Å². The Morgan fingerprint density at radius 3 is 2.21 bits per heavy atom. The van der Waals surface area contributed by atoms with Crippen LogP contribution in [0, 0.1) is 0 Å². The lowest BCUT2D eigenvalue weighted by atomic mass is 10.3. The molecular weight excluding hydrogens is 349 g/mol. The summed E-state index contributed by atoms with van der Waals surface area (Å²) in [6.07, 6.45) is -1.04. The monoisotopic (exact) mass is 372 g/mol. The fourth-order valence-electron chi connectivity index (χ4n) is 1.10. The van der Waals surface area contributed by atoms with E-state index in [4.69, 9.17) is 15.2 Å². The molecule has 3 N–H and O–H groups in total. The Morgan fingerprint density at radius 2 is 1.75 bits per heavy atom. The summed E-state index contributed by atoms with van der Waals surface area (Å²) in [5.41, 5.74) is 5.04. The molecule has 0 saturated carbocycles. The van der Waals surface area contributed by atoms with E-state index in [0.717, 1.165) is 6.92 Å². The number of esters is 2. The number of rotatable bonds is 11. The standard InChI is InChI=1S/C11H20NO10P.CH4/c1-3-10(14)19-4-8(22-7(2)13)5-20-23(17,18)21-6-9(12)11(15)16;/h8-9H,3-6,12H2,1-2H3,(H,15,16)(H,17,18);1H4/p-1. The van der Waals surface area contributed by atoms with Gasteiger partial charge in [-0.2, -0.15) is 0 Å². The van der Waals surface area contributed by atoms with Crippen LogP contribution in [0.4, 0.5) is 0 Å². The van der Waals surface area contributed by atoms with Crippen molar-refractivity contribution in [3.8, 4) is 0 Å². The van der Waals surface area contributed by atoms with Gasteiger partial charge < -0.3 is 30.0 Å². The molecule has 11 nitrogen and oxygen atoms in total. The number of nitrogens with two attached hydrogens (primary N) is 1. The van der Waals surface area contributed by atoms with Crippen LogP contribution >= 0.6 is 7.82 Å². The van der Waals surface area contributed by atoms with Crippen molar-refractivity contribution in [3.05, 3.63) is 0 Å². The first kappa shape index (κ1) is 24.7. The molecule has 0 spiro atoms. The van der Waals surface area contributed by atoms with Gasteiger partial charge >= 0.3 is 19.8 Å². The number of phosphoric acid groups is 1. The van der Waals surface area contributed by atoms with E-state index in [0.29, 0.717) is 0 Å². The molecule has 0 aromatic heterocycles. The number of aliphatic carboxylic acids is 1. The van der Waals surface area contributed by atoms with Crippen molar-refractivity contribution < 1.29 is 47.5 Å². The minimum Gasteiger partial charge on any atom is -0.548 e. The van der Waals surface area contributed by atoms with Gasteiger partial charge in [-0.15, -0.1) is 0 Å². The summed E-state index contributed by atoms with van der Waals surface area (Å²) in [5.74, 6) is -2.96. The molecule has 24 heavy (non-hydrogen) atoms. The predicted molar refractivity (Wildman–Crippen MR) is 78.2 cm³/mol. The maximum atomic E-state index is 11.5. The lowest BCUT2D eigenvalue weighted by Crippen LogP contribution is -2.44. The molecule has 0 heterocycles. The molecule has 12 heteroatoms. The van der Waals surface area contributed by atoms with Crippen molar-refractivity contribution >= 4 is 25.7 Å². The van der Waals surface area contributed by atoms with E-state index in [-0.39, 0.29) is 20.5 Å². The fourth-order valence-corrected chi connectivity index (χ4v) is 1.87. The van der Waals surface area contributed by atoms with Crippen LogP contribution in [-0.2, 0) is 37.5 Å². The van der Waals surface area contributed by atoms with Crippen molar-refractivity contribution in [1.29, 1.82) is 0 Å². The van der Waals surface area contributed by atoms with Crippen LogP contribution in [-0.4, -0.2) is 54.8 Å². The third kappa shape index (κ3) is 12.0. The summed E-state index contributed by atoms with van der Waals surface area (Å²) in [6, 6.07) is -1.62. The van der Waals surface area contributed by atoms with Gasteiger partial charge in [0, 0.05) is 13.3 Å². The Labute approximate surface area is 139 Å². The second kappa shape index (κ2) is 11.9. The second-order valence-corrected chi connectivity index (χ2v) is 5.71. The first-order valence-corrected chi connectivity index (χ1v) is 7.98. The third-order valence-corrected chi connectivity index (χ3v) is 3.15. The number of phosphoric ester groups is 1. The fraction of sp³-hybridized carbons (Fsp3) is 0.750. The van der Waals surface area contributed by atoms with E-state index < -0.39 is 51.1 Å². The summed E-state index contributed by atoms with van der Waals surface area (Å²) < 4.78 is 29.9. The molecular formula is C12H23NO10P-. The number of carboxylic acids is 1. The first-order valence-electron chi connectivity index (χ1n) is 6.48.